The van der Waals surface area contributed by atoms with Crippen molar-refractivity contribution in [2.75, 3.05) is 24.8 Å². The van der Waals surface area contributed by atoms with Crippen molar-refractivity contribution in [3.05, 3.63) is 29.8 Å². The third kappa shape index (κ3) is 6.45. The van der Waals surface area contributed by atoms with Gasteiger partial charge in [0.1, 0.15) is 9.84 Å². The fraction of sp³-hybridized carbons (Fsp3) is 0.571. The summed E-state index contributed by atoms with van der Waals surface area (Å²) in [5.41, 5.74) is 1.22. The molecule has 1 N–H and O–H groups in total. The Morgan fingerprint density at radius 1 is 1.26 bits per heavy atom. The minimum absolute atomic E-state index is 0.224. The summed E-state index contributed by atoms with van der Waals surface area (Å²) in [5.74, 6) is 1.33. The van der Waals surface area contributed by atoms with Gasteiger partial charge in [0, 0.05) is 22.9 Å². The van der Waals surface area contributed by atoms with Gasteiger partial charge in [0.15, 0.2) is 0 Å². The molecule has 0 aliphatic heterocycles. The smallest absolute Gasteiger partial charge is 0.147 e. The van der Waals surface area contributed by atoms with Gasteiger partial charge in [-0.25, -0.2) is 8.42 Å². The van der Waals surface area contributed by atoms with E-state index in [-0.39, 0.29) is 11.8 Å². The van der Waals surface area contributed by atoms with E-state index in [4.69, 9.17) is 0 Å². The minimum atomic E-state index is -2.86. The molecule has 5 heteroatoms. The minimum Gasteiger partial charge on any atom is -0.313 e. The number of hydrogen-bond donors (Lipinski definition) is 1. The third-order valence-electron chi connectivity index (χ3n) is 2.95. The molecule has 0 saturated carbocycles. The van der Waals surface area contributed by atoms with Gasteiger partial charge in [-0.2, -0.15) is 0 Å². The average molecular weight is 301 g/mol. The highest BCUT2D eigenvalue weighted by Crippen LogP contribution is 2.23. The summed E-state index contributed by atoms with van der Waals surface area (Å²) in [4.78, 5) is 1.28. The first-order valence-electron chi connectivity index (χ1n) is 6.54. The quantitative estimate of drug-likeness (QED) is 0.750. The lowest BCUT2D eigenvalue weighted by Crippen LogP contribution is -2.17. The molecule has 0 spiro atoms. The molecule has 0 radical (unpaired) electrons. The standard InChI is InChI=1S/C14H23NO2S2/c1-4-18-13-9-7-12(8-10-13)14(15-2)6-5-11-19(3,16)17/h7-10,14-15H,4-6,11H2,1-3H3. The van der Waals surface area contributed by atoms with E-state index >= 15 is 0 Å². The predicted molar refractivity (Wildman–Crippen MR) is 83.6 cm³/mol. The molecule has 0 aliphatic rings. The molecule has 0 saturated heterocycles. The Morgan fingerprint density at radius 3 is 2.37 bits per heavy atom. The summed E-state index contributed by atoms with van der Waals surface area (Å²) in [6.07, 6.45) is 2.82. The van der Waals surface area contributed by atoms with Crippen LogP contribution in [0, 0.1) is 0 Å². The van der Waals surface area contributed by atoms with Crippen molar-refractivity contribution in [2.24, 2.45) is 0 Å². The highest BCUT2D eigenvalue weighted by Gasteiger charge is 2.10. The van der Waals surface area contributed by atoms with Crippen molar-refractivity contribution >= 4 is 21.6 Å². The van der Waals surface area contributed by atoms with E-state index in [0.29, 0.717) is 6.42 Å². The van der Waals surface area contributed by atoms with Crippen molar-refractivity contribution in [2.45, 2.75) is 30.7 Å². The number of rotatable bonds is 8. The molecule has 19 heavy (non-hydrogen) atoms. The maximum atomic E-state index is 11.1. The van der Waals surface area contributed by atoms with Crippen LogP contribution in [0.2, 0.25) is 0 Å². The van der Waals surface area contributed by atoms with E-state index in [1.165, 1.54) is 16.7 Å². The molecular weight excluding hydrogens is 278 g/mol. The van der Waals surface area contributed by atoms with Crippen molar-refractivity contribution < 1.29 is 8.42 Å². The first-order chi connectivity index (χ1) is 8.96. The Kier molecular flexibility index (Phi) is 6.89. The van der Waals surface area contributed by atoms with Crippen molar-refractivity contribution in [3.8, 4) is 0 Å². The second-order valence-electron chi connectivity index (χ2n) is 4.62. The predicted octanol–water partition coefficient (Wildman–Crippen LogP) is 2.88. The molecule has 0 aliphatic carbocycles. The fourth-order valence-electron chi connectivity index (χ4n) is 1.99. The molecule has 1 aromatic carbocycles. The van der Waals surface area contributed by atoms with Crippen molar-refractivity contribution in [3.63, 3.8) is 0 Å². The highest BCUT2D eigenvalue weighted by molar-refractivity contribution is 7.99. The molecule has 3 nitrogen and oxygen atoms in total. The van der Waals surface area contributed by atoms with Crippen LogP contribution in [0.15, 0.2) is 29.2 Å². The van der Waals surface area contributed by atoms with Crippen LogP contribution >= 0.6 is 11.8 Å². The van der Waals surface area contributed by atoms with Crippen LogP contribution in [0.1, 0.15) is 31.4 Å². The van der Waals surface area contributed by atoms with Gasteiger partial charge < -0.3 is 5.32 Å². The van der Waals surface area contributed by atoms with Gasteiger partial charge >= 0.3 is 0 Å². The summed E-state index contributed by atoms with van der Waals surface area (Å²) in [6.45, 7) is 2.14. The van der Waals surface area contributed by atoms with E-state index in [0.717, 1.165) is 12.2 Å². The second kappa shape index (κ2) is 7.92. The third-order valence-corrected chi connectivity index (χ3v) is 4.87. The van der Waals surface area contributed by atoms with E-state index in [9.17, 15) is 8.42 Å². The van der Waals surface area contributed by atoms with Crippen molar-refractivity contribution in [1.29, 1.82) is 0 Å². The average Bonchev–Trinajstić information content (AvgIpc) is 2.35. The molecule has 1 rings (SSSR count). The maximum Gasteiger partial charge on any atom is 0.147 e. The topological polar surface area (TPSA) is 46.2 Å². The Balaban J connectivity index is 2.59. The van der Waals surface area contributed by atoms with Crippen LogP contribution in [0.3, 0.4) is 0 Å². The van der Waals surface area contributed by atoms with E-state index in [1.54, 1.807) is 0 Å². The van der Waals surface area contributed by atoms with Gasteiger partial charge in [-0.3, -0.25) is 0 Å². The summed E-state index contributed by atoms with van der Waals surface area (Å²) in [5, 5.41) is 3.25. The summed E-state index contributed by atoms with van der Waals surface area (Å²) >= 11 is 1.82. The lowest BCUT2D eigenvalue weighted by atomic mass is 10.0. The first-order valence-corrected chi connectivity index (χ1v) is 9.58. The second-order valence-corrected chi connectivity index (χ2v) is 8.21. The first kappa shape index (κ1) is 16.5. The molecule has 0 bridgehead atoms. The van der Waals surface area contributed by atoms with Crippen LogP contribution in [0.4, 0.5) is 0 Å². The normalized spacial score (nSPS) is 13.4. The Bertz CT molecular complexity index is 469. The number of thioether (sulfide) groups is 1. The summed E-state index contributed by atoms with van der Waals surface area (Å²) < 4.78 is 22.3. The Hall–Kier alpha value is -0.520. The van der Waals surface area contributed by atoms with Crippen molar-refractivity contribution in [1.82, 2.24) is 5.32 Å². The van der Waals surface area contributed by atoms with Gasteiger partial charge in [0.05, 0.1) is 0 Å². The summed E-state index contributed by atoms with van der Waals surface area (Å²) in [6, 6.07) is 8.73. The van der Waals surface area contributed by atoms with Crippen LogP contribution in [-0.4, -0.2) is 33.2 Å². The largest absolute Gasteiger partial charge is 0.313 e. The number of sulfone groups is 1. The monoisotopic (exact) mass is 301 g/mol. The summed E-state index contributed by atoms with van der Waals surface area (Å²) in [7, 11) is -0.939. The van der Waals surface area contributed by atoms with Crippen LogP contribution in [0.25, 0.3) is 0 Å². The van der Waals surface area contributed by atoms with Crippen LogP contribution in [0.5, 0.6) is 0 Å². The van der Waals surface area contributed by atoms with Gasteiger partial charge in [0.25, 0.3) is 0 Å². The van der Waals surface area contributed by atoms with Gasteiger partial charge in [0.2, 0.25) is 0 Å². The van der Waals surface area contributed by atoms with E-state index in [1.807, 2.05) is 18.8 Å². The molecule has 1 aromatic rings. The number of benzene rings is 1. The molecule has 0 amide bonds. The lowest BCUT2D eigenvalue weighted by Gasteiger charge is -2.16. The van der Waals surface area contributed by atoms with Gasteiger partial charge in [-0.1, -0.05) is 19.1 Å². The van der Waals surface area contributed by atoms with Crippen LogP contribution in [-0.2, 0) is 9.84 Å². The lowest BCUT2D eigenvalue weighted by molar-refractivity contribution is 0.536. The molecule has 1 unspecified atom stereocenters. The Morgan fingerprint density at radius 2 is 1.89 bits per heavy atom. The molecule has 1 atom stereocenters. The zero-order valence-electron chi connectivity index (χ0n) is 11.8. The zero-order chi connectivity index (χ0) is 14.3. The Labute approximate surface area is 121 Å². The van der Waals surface area contributed by atoms with Crippen LogP contribution < -0.4 is 5.32 Å². The highest BCUT2D eigenvalue weighted by atomic mass is 32.2. The van der Waals surface area contributed by atoms with Gasteiger partial charge in [-0.15, -0.1) is 11.8 Å². The number of hydrogen-bond acceptors (Lipinski definition) is 4. The molecule has 0 fully saturated rings. The van der Waals surface area contributed by atoms with E-state index in [2.05, 4.69) is 36.5 Å². The fourth-order valence-corrected chi connectivity index (χ4v) is 3.34. The number of nitrogens with one attached hydrogen (secondary N) is 1. The zero-order valence-corrected chi connectivity index (χ0v) is 13.5. The molecule has 0 aromatic heterocycles. The molecule has 0 heterocycles. The van der Waals surface area contributed by atoms with E-state index < -0.39 is 9.84 Å². The SMILES string of the molecule is CCSc1ccc(C(CCCS(C)(=O)=O)NC)cc1. The maximum absolute atomic E-state index is 11.1. The molecule has 108 valence electrons. The molecular formula is C14H23NO2S2. The van der Waals surface area contributed by atoms with Gasteiger partial charge in [-0.05, 0) is 43.3 Å².